The smallest absolute Gasteiger partial charge is 0.166 e. The molecule has 4 nitrogen and oxygen atoms in total. The zero-order valence-corrected chi connectivity index (χ0v) is 13.4. The van der Waals surface area contributed by atoms with Crippen molar-refractivity contribution in [2.75, 3.05) is 20.3 Å². The third-order valence-corrected chi connectivity index (χ3v) is 3.30. The van der Waals surface area contributed by atoms with Crippen molar-refractivity contribution < 1.29 is 9.47 Å². The third-order valence-electron chi connectivity index (χ3n) is 3.01. The van der Waals surface area contributed by atoms with Gasteiger partial charge in [0.2, 0.25) is 0 Å². The lowest BCUT2D eigenvalue weighted by Gasteiger charge is -2.12. The van der Waals surface area contributed by atoms with E-state index in [4.69, 9.17) is 21.7 Å². The van der Waals surface area contributed by atoms with E-state index in [0.717, 1.165) is 11.5 Å². The lowest BCUT2D eigenvalue weighted by molar-refractivity contribution is 0.298. The molecule has 22 heavy (non-hydrogen) atoms. The van der Waals surface area contributed by atoms with Gasteiger partial charge in [0.25, 0.3) is 0 Å². The summed E-state index contributed by atoms with van der Waals surface area (Å²) in [5, 5.41) is 6.89. The molecule has 0 aliphatic carbocycles. The summed E-state index contributed by atoms with van der Waals surface area (Å²) >= 11 is 5.23. The molecular formula is C17H20N2O2S. The van der Waals surface area contributed by atoms with Gasteiger partial charge in [-0.25, -0.2) is 0 Å². The maximum atomic E-state index is 5.67. The first kappa shape index (κ1) is 16.1. The fourth-order valence-electron chi connectivity index (χ4n) is 1.90. The lowest BCUT2D eigenvalue weighted by Crippen LogP contribution is -2.37. The van der Waals surface area contributed by atoms with Gasteiger partial charge in [0.05, 0.1) is 13.7 Å². The van der Waals surface area contributed by atoms with Gasteiger partial charge < -0.3 is 20.1 Å². The summed E-state index contributed by atoms with van der Waals surface area (Å²) in [5.41, 5.74) is 1.19. The van der Waals surface area contributed by atoms with Crippen LogP contribution < -0.4 is 20.1 Å². The van der Waals surface area contributed by atoms with Crippen LogP contribution in [-0.4, -0.2) is 25.4 Å². The van der Waals surface area contributed by atoms with Crippen molar-refractivity contribution in [2.24, 2.45) is 0 Å². The zero-order valence-electron chi connectivity index (χ0n) is 12.5. The fraction of sp³-hybridized carbons (Fsp3) is 0.235. The first-order chi connectivity index (χ1) is 10.8. The number of ether oxygens (including phenoxy) is 2. The molecular weight excluding hydrogens is 296 g/mol. The van der Waals surface area contributed by atoms with Crippen LogP contribution in [0.3, 0.4) is 0 Å². The number of methoxy groups -OCH3 is 1. The molecule has 2 aromatic carbocycles. The topological polar surface area (TPSA) is 42.5 Å². The van der Waals surface area contributed by atoms with E-state index in [1.807, 2.05) is 42.5 Å². The van der Waals surface area contributed by atoms with Gasteiger partial charge in [-0.2, -0.15) is 0 Å². The van der Waals surface area contributed by atoms with Crippen molar-refractivity contribution in [1.29, 1.82) is 0 Å². The molecule has 0 saturated heterocycles. The molecule has 0 atom stereocenters. The molecule has 5 heteroatoms. The van der Waals surface area contributed by atoms with Crippen LogP contribution in [0.25, 0.3) is 0 Å². The Morgan fingerprint density at radius 3 is 2.36 bits per heavy atom. The quantitative estimate of drug-likeness (QED) is 0.607. The molecule has 0 aliphatic rings. The molecule has 2 aromatic rings. The highest BCUT2D eigenvalue weighted by Gasteiger charge is 2.02. The Morgan fingerprint density at radius 1 is 0.955 bits per heavy atom. The standard InChI is InChI=1S/C17H20N2O2S/c1-20-15-9-5-6-10-16(15)21-12-11-18-17(22)19-13-14-7-3-2-4-8-14/h2-10H,11-13H2,1H3,(H2,18,19,22). The Balaban J connectivity index is 1.65. The van der Waals surface area contributed by atoms with Gasteiger partial charge in [-0.3, -0.25) is 0 Å². The van der Waals surface area contributed by atoms with Gasteiger partial charge in [-0.15, -0.1) is 0 Å². The molecule has 116 valence electrons. The SMILES string of the molecule is COc1ccccc1OCCNC(=S)NCc1ccccc1. The molecule has 0 heterocycles. The molecule has 0 spiro atoms. The lowest BCUT2D eigenvalue weighted by atomic mass is 10.2. The highest BCUT2D eigenvalue weighted by molar-refractivity contribution is 7.80. The second-order valence-corrected chi connectivity index (χ2v) is 5.00. The second-order valence-electron chi connectivity index (χ2n) is 4.59. The van der Waals surface area contributed by atoms with Crippen molar-refractivity contribution in [1.82, 2.24) is 10.6 Å². The van der Waals surface area contributed by atoms with Gasteiger partial charge in [0, 0.05) is 6.54 Å². The van der Waals surface area contributed by atoms with Gasteiger partial charge in [-0.05, 0) is 29.9 Å². The molecule has 0 fully saturated rings. The van der Waals surface area contributed by atoms with E-state index in [9.17, 15) is 0 Å². The van der Waals surface area contributed by atoms with Crippen LogP contribution in [0.15, 0.2) is 54.6 Å². The van der Waals surface area contributed by atoms with Crippen molar-refractivity contribution in [3.63, 3.8) is 0 Å². The predicted octanol–water partition coefficient (Wildman–Crippen LogP) is 2.74. The average Bonchev–Trinajstić information content (AvgIpc) is 2.58. The Bertz CT molecular complexity index is 590. The Labute approximate surface area is 136 Å². The Kier molecular flexibility index (Phi) is 6.51. The maximum absolute atomic E-state index is 5.67. The molecule has 0 aliphatic heterocycles. The summed E-state index contributed by atoms with van der Waals surface area (Å²) in [5.74, 6) is 1.46. The van der Waals surface area contributed by atoms with Crippen LogP contribution >= 0.6 is 12.2 Å². The Hall–Kier alpha value is -2.27. The Morgan fingerprint density at radius 2 is 1.64 bits per heavy atom. The van der Waals surface area contributed by atoms with Gasteiger partial charge >= 0.3 is 0 Å². The van der Waals surface area contributed by atoms with Crippen molar-refractivity contribution in [3.05, 3.63) is 60.2 Å². The van der Waals surface area contributed by atoms with Crippen LogP contribution in [0.1, 0.15) is 5.56 Å². The van der Waals surface area contributed by atoms with Gasteiger partial charge in [-0.1, -0.05) is 42.5 Å². The van der Waals surface area contributed by atoms with Crippen molar-refractivity contribution in [2.45, 2.75) is 6.54 Å². The number of thiocarbonyl (C=S) groups is 1. The molecule has 2 N–H and O–H groups in total. The van der Waals surface area contributed by atoms with E-state index in [0.29, 0.717) is 24.8 Å². The third kappa shape index (κ3) is 5.26. The van der Waals surface area contributed by atoms with Crippen LogP contribution in [0.4, 0.5) is 0 Å². The monoisotopic (exact) mass is 316 g/mol. The van der Waals surface area contributed by atoms with E-state index in [2.05, 4.69) is 22.8 Å². The van der Waals surface area contributed by atoms with Crippen LogP contribution in [0.5, 0.6) is 11.5 Å². The molecule has 0 amide bonds. The minimum Gasteiger partial charge on any atom is -0.493 e. The summed E-state index contributed by atoms with van der Waals surface area (Å²) in [6.45, 7) is 1.84. The first-order valence-electron chi connectivity index (χ1n) is 7.11. The maximum Gasteiger partial charge on any atom is 0.166 e. The van der Waals surface area contributed by atoms with Crippen molar-refractivity contribution in [3.8, 4) is 11.5 Å². The summed E-state index contributed by atoms with van der Waals surface area (Å²) in [6, 6.07) is 17.7. The summed E-state index contributed by atoms with van der Waals surface area (Å²) in [6.07, 6.45) is 0. The fourth-order valence-corrected chi connectivity index (χ4v) is 2.08. The summed E-state index contributed by atoms with van der Waals surface area (Å²) < 4.78 is 10.9. The summed E-state index contributed by atoms with van der Waals surface area (Å²) in [4.78, 5) is 0. The van der Waals surface area contributed by atoms with Gasteiger partial charge in [0.15, 0.2) is 16.6 Å². The van der Waals surface area contributed by atoms with Crippen LogP contribution in [0, 0.1) is 0 Å². The number of rotatable bonds is 7. The number of para-hydroxylation sites is 2. The molecule has 0 radical (unpaired) electrons. The molecule has 0 aromatic heterocycles. The average molecular weight is 316 g/mol. The highest BCUT2D eigenvalue weighted by atomic mass is 32.1. The minimum atomic E-state index is 0.507. The largest absolute Gasteiger partial charge is 0.493 e. The minimum absolute atomic E-state index is 0.507. The number of hydrogen-bond donors (Lipinski definition) is 2. The van der Waals surface area contributed by atoms with Gasteiger partial charge in [0.1, 0.15) is 6.61 Å². The highest BCUT2D eigenvalue weighted by Crippen LogP contribution is 2.25. The molecule has 0 bridgehead atoms. The van der Waals surface area contributed by atoms with Crippen molar-refractivity contribution >= 4 is 17.3 Å². The van der Waals surface area contributed by atoms with E-state index in [1.165, 1.54) is 5.56 Å². The van der Waals surface area contributed by atoms with Crippen LogP contribution in [0.2, 0.25) is 0 Å². The first-order valence-corrected chi connectivity index (χ1v) is 7.52. The normalized spacial score (nSPS) is 9.86. The zero-order chi connectivity index (χ0) is 15.6. The van der Waals surface area contributed by atoms with E-state index in [1.54, 1.807) is 7.11 Å². The summed E-state index contributed by atoms with van der Waals surface area (Å²) in [7, 11) is 1.63. The van der Waals surface area contributed by atoms with E-state index < -0.39 is 0 Å². The van der Waals surface area contributed by atoms with E-state index >= 15 is 0 Å². The molecule has 2 rings (SSSR count). The predicted molar refractivity (Wildman–Crippen MR) is 92.4 cm³/mol. The number of hydrogen-bond acceptors (Lipinski definition) is 3. The van der Waals surface area contributed by atoms with Crippen LogP contribution in [-0.2, 0) is 6.54 Å². The van der Waals surface area contributed by atoms with E-state index in [-0.39, 0.29) is 0 Å². The molecule has 0 unspecified atom stereocenters. The number of nitrogens with one attached hydrogen (secondary N) is 2. The number of benzene rings is 2. The second kappa shape index (κ2) is 8.89. The molecule has 0 saturated carbocycles.